The predicted molar refractivity (Wildman–Crippen MR) is 59.2 cm³/mol. The SMILES string of the molecule is CC(CCN)C(=O)c1cscc1Br. The summed E-state index contributed by atoms with van der Waals surface area (Å²) < 4.78 is 0.895. The van der Waals surface area contributed by atoms with Crippen LogP contribution < -0.4 is 5.73 Å². The molecule has 2 nitrogen and oxygen atoms in total. The Balaban J connectivity index is 2.73. The number of carbonyl (C=O) groups excluding carboxylic acids is 1. The average molecular weight is 262 g/mol. The van der Waals surface area contributed by atoms with Crippen molar-refractivity contribution in [3.05, 3.63) is 20.8 Å². The van der Waals surface area contributed by atoms with Gasteiger partial charge < -0.3 is 5.73 Å². The van der Waals surface area contributed by atoms with Crippen molar-refractivity contribution in [2.75, 3.05) is 6.54 Å². The number of halogens is 1. The quantitative estimate of drug-likeness (QED) is 0.848. The molecule has 0 aliphatic rings. The van der Waals surface area contributed by atoms with Crippen LogP contribution in [0.15, 0.2) is 15.2 Å². The minimum absolute atomic E-state index is 0.0240. The van der Waals surface area contributed by atoms with Crippen molar-refractivity contribution in [3.63, 3.8) is 0 Å². The van der Waals surface area contributed by atoms with E-state index in [0.29, 0.717) is 6.54 Å². The molecule has 1 rings (SSSR count). The monoisotopic (exact) mass is 261 g/mol. The minimum atomic E-state index is 0.0240. The molecule has 0 saturated heterocycles. The lowest BCUT2D eigenvalue weighted by atomic mass is 9.99. The lowest BCUT2D eigenvalue weighted by Gasteiger charge is -2.07. The Bertz CT molecular complexity index is 298. The van der Waals surface area contributed by atoms with E-state index in [4.69, 9.17) is 5.73 Å². The fourth-order valence-corrected chi connectivity index (χ4v) is 2.58. The number of hydrogen-bond donors (Lipinski definition) is 1. The van der Waals surface area contributed by atoms with E-state index in [0.717, 1.165) is 16.5 Å². The van der Waals surface area contributed by atoms with E-state index < -0.39 is 0 Å². The Hall–Kier alpha value is -0.190. The van der Waals surface area contributed by atoms with E-state index >= 15 is 0 Å². The third-order valence-corrected chi connectivity index (χ3v) is 3.63. The van der Waals surface area contributed by atoms with Crippen molar-refractivity contribution in [1.82, 2.24) is 0 Å². The molecule has 1 aromatic rings. The molecule has 0 aromatic carbocycles. The predicted octanol–water partition coefficient (Wildman–Crippen LogP) is 2.68. The molecule has 0 bridgehead atoms. The molecule has 72 valence electrons. The number of hydrogen-bond acceptors (Lipinski definition) is 3. The molecule has 0 amide bonds. The Morgan fingerprint density at radius 1 is 1.69 bits per heavy atom. The van der Waals surface area contributed by atoms with Gasteiger partial charge in [0.1, 0.15) is 0 Å². The zero-order chi connectivity index (χ0) is 9.84. The van der Waals surface area contributed by atoms with E-state index in [2.05, 4.69) is 15.9 Å². The summed E-state index contributed by atoms with van der Waals surface area (Å²) >= 11 is 4.88. The summed E-state index contributed by atoms with van der Waals surface area (Å²) in [7, 11) is 0. The van der Waals surface area contributed by atoms with Crippen LogP contribution in [0.5, 0.6) is 0 Å². The van der Waals surface area contributed by atoms with E-state index in [1.165, 1.54) is 11.3 Å². The van der Waals surface area contributed by atoms with Crippen molar-refractivity contribution in [3.8, 4) is 0 Å². The molecule has 0 spiro atoms. The molecule has 0 aliphatic heterocycles. The highest BCUT2D eigenvalue weighted by Gasteiger charge is 2.17. The first-order valence-corrected chi connectivity index (χ1v) is 5.86. The molecule has 2 N–H and O–H groups in total. The van der Waals surface area contributed by atoms with Gasteiger partial charge in [-0.3, -0.25) is 4.79 Å². The zero-order valence-corrected chi connectivity index (χ0v) is 9.82. The lowest BCUT2D eigenvalue weighted by Crippen LogP contribution is -2.15. The minimum Gasteiger partial charge on any atom is -0.330 e. The first kappa shape index (κ1) is 10.9. The van der Waals surface area contributed by atoms with Crippen LogP contribution >= 0.6 is 27.3 Å². The Morgan fingerprint density at radius 2 is 2.38 bits per heavy atom. The topological polar surface area (TPSA) is 43.1 Å². The standard InChI is InChI=1S/C9H12BrNOS/c1-6(2-3-11)9(12)7-4-13-5-8(7)10/h4-6H,2-3,11H2,1H3. The Kier molecular flexibility index (Phi) is 4.09. The summed E-state index contributed by atoms with van der Waals surface area (Å²) in [4.78, 5) is 11.7. The fourth-order valence-electron chi connectivity index (χ4n) is 1.10. The van der Waals surface area contributed by atoms with Crippen molar-refractivity contribution >= 4 is 33.0 Å². The molecule has 1 heterocycles. The van der Waals surface area contributed by atoms with E-state index in [-0.39, 0.29) is 11.7 Å². The van der Waals surface area contributed by atoms with Crippen molar-refractivity contribution in [1.29, 1.82) is 0 Å². The second-order valence-electron chi connectivity index (χ2n) is 2.98. The van der Waals surface area contributed by atoms with Crippen molar-refractivity contribution < 1.29 is 4.79 Å². The highest BCUT2D eigenvalue weighted by molar-refractivity contribution is 9.10. The molecule has 0 saturated carbocycles. The number of thiophene rings is 1. The highest BCUT2D eigenvalue weighted by atomic mass is 79.9. The summed E-state index contributed by atoms with van der Waals surface area (Å²) in [5, 5.41) is 3.79. The number of Topliss-reactive ketones (excluding diaryl/α,β-unsaturated/α-hetero) is 1. The summed E-state index contributed by atoms with van der Waals surface area (Å²) in [6, 6.07) is 0. The molecular weight excluding hydrogens is 250 g/mol. The van der Waals surface area contributed by atoms with Gasteiger partial charge in [0, 0.05) is 26.7 Å². The van der Waals surface area contributed by atoms with Gasteiger partial charge in [-0.05, 0) is 28.9 Å². The largest absolute Gasteiger partial charge is 0.330 e. The van der Waals surface area contributed by atoms with Crippen LogP contribution in [0.1, 0.15) is 23.7 Å². The lowest BCUT2D eigenvalue weighted by molar-refractivity contribution is 0.0925. The van der Waals surface area contributed by atoms with Crippen LogP contribution in [-0.4, -0.2) is 12.3 Å². The van der Waals surface area contributed by atoms with Crippen LogP contribution in [0.4, 0.5) is 0 Å². The third kappa shape index (κ3) is 2.62. The molecule has 0 aliphatic carbocycles. The van der Waals surface area contributed by atoms with Crippen LogP contribution in [0.3, 0.4) is 0 Å². The van der Waals surface area contributed by atoms with E-state index in [9.17, 15) is 4.79 Å². The maximum atomic E-state index is 11.7. The average Bonchev–Trinajstić information content (AvgIpc) is 2.50. The summed E-state index contributed by atoms with van der Waals surface area (Å²) in [6.45, 7) is 2.48. The number of nitrogens with two attached hydrogens (primary N) is 1. The molecular formula is C9H12BrNOS. The van der Waals surface area contributed by atoms with Crippen LogP contribution in [0, 0.1) is 5.92 Å². The molecule has 0 fully saturated rings. The normalized spacial score (nSPS) is 12.8. The van der Waals surface area contributed by atoms with Crippen LogP contribution in [-0.2, 0) is 0 Å². The summed E-state index contributed by atoms with van der Waals surface area (Å²) in [5.74, 6) is 0.203. The molecule has 1 aromatic heterocycles. The third-order valence-electron chi connectivity index (χ3n) is 1.93. The first-order valence-electron chi connectivity index (χ1n) is 4.12. The van der Waals surface area contributed by atoms with Gasteiger partial charge in [-0.1, -0.05) is 6.92 Å². The van der Waals surface area contributed by atoms with Crippen molar-refractivity contribution in [2.45, 2.75) is 13.3 Å². The van der Waals surface area contributed by atoms with Gasteiger partial charge in [0.05, 0.1) is 0 Å². The molecule has 0 radical (unpaired) electrons. The summed E-state index contributed by atoms with van der Waals surface area (Å²) in [5.41, 5.74) is 6.18. The van der Waals surface area contributed by atoms with E-state index in [1.54, 1.807) is 0 Å². The zero-order valence-electron chi connectivity index (χ0n) is 7.42. The Morgan fingerprint density at radius 3 is 2.85 bits per heavy atom. The molecule has 1 unspecified atom stereocenters. The van der Waals surface area contributed by atoms with Crippen LogP contribution in [0.2, 0.25) is 0 Å². The highest BCUT2D eigenvalue weighted by Crippen LogP contribution is 2.24. The molecule has 4 heteroatoms. The summed E-state index contributed by atoms with van der Waals surface area (Å²) in [6.07, 6.45) is 0.751. The smallest absolute Gasteiger partial charge is 0.167 e. The fraction of sp³-hybridized carbons (Fsp3) is 0.444. The van der Waals surface area contributed by atoms with Gasteiger partial charge in [0.2, 0.25) is 0 Å². The van der Waals surface area contributed by atoms with Gasteiger partial charge in [-0.15, -0.1) is 0 Å². The van der Waals surface area contributed by atoms with Gasteiger partial charge in [-0.25, -0.2) is 0 Å². The second kappa shape index (κ2) is 4.88. The number of ketones is 1. The van der Waals surface area contributed by atoms with E-state index in [1.807, 2.05) is 17.7 Å². The Labute approximate surface area is 90.3 Å². The maximum absolute atomic E-state index is 11.7. The van der Waals surface area contributed by atoms with Crippen molar-refractivity contribution in [2.24, 2.45) is 11.7 Å². The van der Waals surface area contributed by atoms with Crippen LogP contribution in [0.25, 0.3) is 0 Å². The van der Waals surface area contributed by atoms with Gasteiger partial charge >= 0.3 is 0 Å². The second-order valence-corrected chi connectivity index (χ2v) is 4.57. The van der Waals surface area contributed by atoms with Gasteiger partial charge in [0.25, 0.3) is 0 Å². The van der Waals surface area contributed by atoms with Gasteiger partial charge in [-0.2, -0.15) is 11.3 Å². The first-order chi connectivity index (χ1) is 6.16. The maximum Gasteiger partial charge on any atom is 0.167 e. The number of rotatable bonds is 4. The number of carbonyl (C=O) groups is 1. The molecule has 1 atom stereocenters. The van der Waals surface area contributed by atoms with Gasteiger partial charge in [0.15, 0.2) is 5.78 Å². The molecule has 13 heavy (non-hydrogen) atoms.